The van der Waals surface area contributed by atoms with E-state index >= 15 is 0 Å². The van der Waals surface area contributed by atoms with Crippen LogP contribution in [0.4, 0.5) is 13.2 Å². The average Bonchev–Trinajstić information content (AvgIpc) is 2.46. The third kappa shape index (κ3) is 3.88. The Morgan fingerprint density at radius 2 is 1.62 bits per heavy atom. The van der Waals surface area contributed by atoms with Crippen molar-refractivity contribution in [3.63, 3.8) is 0 Å². The lowest BCUT2D eigenvalue weighted by Crippen LogP contribution is -2.53. The Kier molecular flexibility index (Phi) is 5.17. The topological polar surface area (TPSA) is 66.6 Å². The molecule has 2 heterocycles. The molecule has 2 N–H and O–H groups in total. The van der Waals surface area contributed by atoms with Gasteiger partial charge in [-0.1, -0.05) is 0 Å². The highest BCUT2D eigenvalue weighted by Gasteiger charge is 2.45. The third-order valence-corrected chi connectivity index (χ3v) is 6.28. The zero-order valence-corrected chi connectivity index (χ0v) is 12.7. The third-order valence-electron chi connectivity index (χ3n) is 4.31. The molecule has 0 aliphatic carbocycles. The van der Waals surface area contributed by atoms with Crippen LogP contribution in [0.5, 0.6) is 0 Å². The predicted molar refractivity (Wildman–Crippen MR) is 72.6 cm³/mol. The van der Waals surface area contributed by atoms with Crippen LogP contribution < -0.4 is 5.73 Å². The minimum absolute atomic E-state index is 0.000938. The Morgan fingerprint density at radius 1 is 1.05 bits per heavy atom. The molecule has 0 bridgehead atoms. The number of halogens is 3. The highest BCUT2D eigenvalue weighted by molar-refractivity contribution is 7.86. The Morgan fingerprint density at radius 3 is 2.19 bits per heavy atom. The number of nitrogens with two attached hydrogens (primary N) is 1. The number of nitrogens with zero attached hydrogens (tertiary/aromatic N) is 2. The summed E-state index contributed by atoms with van der Waals surface area (Å²) in [6, 6.07) is 0. The second-order valence-corrected chi connectivity index (χ2v) is 7.78. The minimum atomic E-state index is -4.34. The molecule has 2 rings (SSSR count). The molecule has 0 amide bonds. The first-order valence-corrected chi connectivity index (χ1v) is 8.67. The zero-order valence-electron chi connectivity index (χ0n) is 11.8. The van der Waals surface area contributed by atoms with Gasteiger partial charge in [-0.05, 0) is 38.1 Å². The van der Waals surface area contributed by atoms with Crippen LogP contribution in [0.3, 0.4) is 0 Å². The number of rotatable bonds is 3. The van der Waals surface area contributed by atoms with Crippen molar-refractivity contribution in [2.75, 3.05) is 32.7 Å². The number of hydrogen-bond donors (Lipinski definition) is 1. The molecule has 0 aromatic carbocycles. The summed E-state index contributed by atoms with van der Waals surface area (Å²) in [5.41, 5.74) is 5.58. The first kappa shape index (κ1) is 17.0. The molecular weight excluding hydrogens is 307 g/mol. The fourth-order valence-electron chi connectivity index (χ4n) is 3.01. The van der Waals surface area contributed by atoms with E-state index < -0.39 is 28.8 Å². The molecule has 0 radical (unpaired) electrons. The first-order chi connectivity index (χ1) is 9.75. The van der Waals surface area contributed by atoms with Crippen LogP contribution in [0.15, 0.2) is 0 Å². The molecule has 2 aliphatic heterocycles. The summed E-state index contributed by atoms with van der Waals surface area (Å²) >= 11 is 0. The summed E-state index contributed by atoms with van der Waals surface area (Å²) in [6.45, 7) is 0.781. The Hall–Kier alpha value is -0.380. The van der Waals surface area contributed by atoms with Crippen LogP contribution in [-0.2, 0) is 10.2 Å². The van der Waals surface area contributed by atoms with E-state index in [-0.39, 0.29) is 25.3 Å². The van der Waals surface area contributed by atoms with Crippen molar-refractivity contribution in [1.29, 1.82) is 0 Å². The van der Waals surface area contributed by atoms with Crippen molar-refractivity contribution < 1.29 is 21.6 Å². The second-order valence-electron chi connectivity index (χ2n) is 5.85. The summed E-state index contributed by atoms with van der Waals surface area (Å²) < 4.78 is 65.8. The van der Waals surface area contributed by atoms with Crippen LogP contribution in [0.25, 0.3) is 0 Å². The van der Waals surface area contributed by atoms with Gasteiger partial charge < -0.3 is 5.73 Å². The van der Waals surface area contributed by atoms with Gasteiger partial charge in [0, 0.05) is 26.2 Å². The summed E-state index contributed by atoms with van der Waals surface area (Å²) in [5, 5.41) is 0. The van der Waals surface area contributed by atoms with Crippen molar-refractivity contribution in [3.8, 4) is 0 Å². The molecule has 0 saturated carbocycles. The molecular formula is C12H22F3N3O2S. The summed E-state index contributed by atoms with van der Waals surface area (Å²) in [5.74, 6) is -1.46. The average molecular weight is 329 g/mol. The highest BCUT2D eigenvalue weighted by atomic mass is 32.2. The number of hydrogen-bond acceptors (Lipinski definition) is 3. The second kappa shape index (κ2) is 6.39. The molecule has 2 aliphatic rings. The van der Waals surface area contributed by atoms with Crippen LogP contribution in [0, 0.1) is 11.8 Å². The van der Waals surface area contributed by atoms with Gasteiger partial charge in [0.05, 0.1) is 5.92 Å². The lowest BCUT2D eigenvalue weighted by atomic mass is 9.99. The smallest absolute Gasteiger partial charge is 0.330 e. The molecule has 5 nitrogen and oxygen atoms in total. The molecule has 21 heavy (non-hydrogen) atoms. The van der Waals surface area contributed by atoms with Crippen LogP contribution >= 0.6 is 0 Å². The quantitative estimate of drug-likeness (QED) is 0.845. The monoisotopic (exact) mass is 329 g/mol. The van der Waals surface area contributed by atoms with Crippen LogP contribution in [0.1, 0.15) is 25.7 Å². The van der Waals surface area contributed by atoms with E-state index in [1.54, 1.807) is 0 Å². The predicted octanol–water partition coefficient (Wildman–Crippen LogP) is 1.18. The van der Waals surface area contributed by atoms with Gasteiger partial charge in [-0.15, -0.1) is 0 Å². The lowest BCUT2D eigenvalue weighted by Gasteiger charge is -2.38. The Balaban J connectivity index is 2.08. The standard InChI is InChI=1S/C12H22F3N3O2S/c13-12(14,15)11-4-2-6-18(9-11)21(19,20)17-5-1-3-10(7-16)8-17/h10-11H,1-9,16H2. The molecule has 2 fully saturated rings. The summed E-state index contributed by atoms with van der Waals surface area (Å²) in [4.78, 5) is 0. The fourth-order valence-corrected chi connectivity index (χ4v) is 4.83. The van der Waals surface area contributed by atoms with Gasteiger partial charge in [-0.3, -0.25) is 0 Å². The van der Waals surface area contributed by atoms with Crippen molar-refractivity contribution >= 4 is 10.2 Å². The number of alkyl halides is 3. The SMILES string of the molecule is NCC1CCCN(S(=O)(=O)N2CCCC(C(F)(F)F)C2)C1. The summed E-state index contributed by atoms with van der Waals surface area (Å²) in [7, 11) is -3.81. The maximum atomic E-state index is 12.8. The normalized spacial score (nSPS) is 30.5. The molecule has 0 aromatic heterocycles. The van der Waals surface area contributed by atoms with Gasteiger partial charge in [-0.2, -0.15) is 30.2 Å². The molecule has 0 spiro atoms. The Labute approximate surface area is 123 Å². The maximum Gasteiger partial charge on any atom is 0.393 e. The minimum Gasteiger partial charge on any atom is -0.330 e. The lowest BCUT2D eigenvalue weighted by molar-refractivity contribution is -0.182. The van der Waals surface area contributed by atoms with E-state index in [1.165, 1.54) is 4.31 Å². The Bertz CT molecular complexity index is 455. The van der Waals surface area contributed by atoms with Gasteiger partial charge in [0.25, 0.3) is 10.2 Å². The van der Waals surface area contributed by atoms with Crippen molar-refractivity contribution in [1.82, 2.24) is 8.61 Å². The van der Waals surface area contributed by atoms with Gasteiger partial charge in [0.2, 0.25) is 0 Å². The molecule has 2 atom stereocenters. The van der Waals surface area contributed by atoms with Crippen LogP contribution in [0.2, 0.25) is 0 Å². The molecule has 0 aromatic rings. The fraction of sp³-hybridized carbons (Fsp3) is 1.00. The molecule has 9 heteroatoms. The van der Waals surface area contributed by atoms with Gasteiger partial charge in [-0.25, -0.2) is 0 Å². The maximum absolute atomic E-state index is 12.8. The van der Waals surface area contributed by atoms with Gasteiger partial charge in [0.1, 0.15) is 0 Å². The van der Waals surface area contributed by atoms with Crippen molar-refractivity contribution in [2.45, 2.75) is 31.9 Å². The van der Waals surface area contributed by atoms with Gasteiger partial charge in [0.15, 0.2) is 0 Å². The van der Waals surface area contributed by atoms with Crippen molar-refractivity contribution in [3.05, 3.63) is 0 Å². The van der Waals surface area contributed by atoms with E-state index in [2.05, 4.69) is 0 Å². The largest absolute Gasteiger partial charge is 0.393 e. The zero-order chi connectivity index (χ0) is 15.7. The number of piperidine rings is 2. The van der Waals surface area contributed by atoms with E-state index in [1.807, 2.05) is 0 Å². The van der Waals surface area contributed by atoms with Crippen molar-refractivity contribution in [2.24, 2.45) is 17.6 Å². The summed E-state index contributed by atoms with van der Waals surface area (Å²) in [6.07, 6.45) is -2.51. The van der Waals surface area contributed by atoms with E-state index in [0.29, 0.717) is 26.1 Å². The molecule has 124 valence electrons. The van der Waals surface area contributed by atoms with E-state index in [9.17, 15) is 21.6 Å². The highest BCUT2D eigenvalue weighted by Crippen LogP contribution is 2.34. The van der Waals surface area contributed by atoms with E-state index in [4.69, 9.17) is 5.73 Å². The first-order valence-electron chi connectivity index (χ1n) is 7.27. The molecule has 2 saturated heterocycles. The molecule has 2 unspecified atom stereocenters. The van der Waals surface area contributed by atoms with Gasteiger partial charge >= 0.3 is 6.18 Å². The van der Waals surface area contributed by atoms with Crippen LogP contribution in [-0.4, -0.2) is 55.9 Å². The van der Waals surface area contributed by atoms with E-state index in [0.717, 1.165) is 10.7 Å².